The molecule has 0 radical (unpaired) electrons. The average molecular weight is 778 g/mol. The number of fused-ring (bicyclic) bond motifs is 5. The van der Waals surface area contributed by atoms with Crippen molar-refractivity contribution >= 4 is 51.5 Å². The van der Waals surface area contributed by atoms with Crippen LogP contribution >= 0.6 is 11.6 Å². The molecule has 0 atom stereocenters. The number of piperidine rings is 2. The molecule has 4 aliphatic rings. The molecular weight excluding hydrogens is 736 g/mol. The maximum absolute atomic E-state index is 15.2. The van der Waals surface area contributed by atoms with E-state index in [9.17, 15) is 14.4 Å². The van der Waals surface area contributed by atoms with E-state index in [0.717, 1.165) is 72.4 Å². The topological polar surface area (TPSA) is 94.9 Å². The first-order chi connectivity index (χ1) is 27.0. The minimum absolute atomic E-state index is 0.0452. The number of piperazine rings is 1. The zero-order valence-corrected chi connectivity index (χ0v) is 32.2. The Morgan fingerprint density at radius 1 is 0.839 bits per heavy atom. The Balaban J connectivity index is 0.815. The molecule has 0 N–H and O–H groups in total. The first-order valence-corrected chi connectivity index (χ1v) is 19.7. The summed E-state index contributed by atoms with van der Waals surface area (Å²) >= 11 is 6.48. The zero-order chi connectivity index (χ0) is 38.9. The SMILES string of the molecule is CC1(C)c2ccc(N3CCN(Cc4ccc(N5CCC(c6cc(F)c(N7C(=O)CCCC7=O)c(F)c6)CC5)nc4)CC3)cc2-n2c1nc(=O)c1c(Cl)cccc12. The van der Waals surface area contributed by atoms with Crippen molar-refractivity contribution in [2.45, 2.75) is 63.8 Å². The Kier molecular flexibility index (Phi) is 9.16. The molecule has 9 rings (SSSR count). The van der Waals surface area contributed by atoms with Gasteiger partial charge in [0.1, 0.15) is 17.3 Å². The predicted molar refractivity (Wildman–Crippen MR) is 213 cm³/mol. The lowest BCUT2D eigenvalue weighted by Crippen LogP contribution is -2.46. The maximum atomic E-state index is 15.2. The fraction of sp³-hybridized carbons (Fsp3) is 0.372. The molecule has 6 heterocycles. The first-order valence-electron chi connectivity index (χ1n) is 19.4. The number of hydrogen-bond acceptors (Lipinski definition) is 8. The van der Waals surface area contributed by atoms with Gasteiger partial charge in [0.2, 0.25) is 11.8 Å². The second-order valence-corrected chi connectivity index (χ2v) is 16.3. The highest BCUT2D eigenvalue weighted by molar-refractivity contribution is 6.35. The molecule has 0 unspecified atom stereocenters. The van der Waals surface area contributed by atoms with Crippen LogP contribution in [0.15, 0.2) is 71.7 Å². The number of anilines is 3. The quantitative estimate of drug-likeness (QED) is 0.169. The summed E-state index contributed by atoms with van der Waals surface area (Å²) in [5.41, 5.74) is 4.45. The van der Waals surface area contributed by atoms with Gasteiger partial charge in [0, 0.05) is 70.5 Å². The Labute approximate surface area is 328 Å². The van der Waals surface area contributed by atoms with Crippen LogP contribution in [0.5, 0.6) is 0 Å². The second-order valence-electron chi connectivity index (χ2n) is 15.9. The molecule has 56 heavy (non-hydrogen) atoms. The summed E-state index contributed by atoms with van der Waals surface area (Å²) in [5, 5.41) is 0.847. The molecule has 3 saturated heterocycles. The van der Waals surface area contributed by atoms with E-state index >= 15 is 8.78 Å². The monoisotopic (exact) mass is 777 g/mol. The molecule has 0 aliphatic carbocycles. The fourth-order valence-electron chi connectivity index (χ4n) is 9.04. The summed E-state index contributed by atoms with van der Waals surface area (Å²) in [6, 6.07) is 18.9. The molecule has 2 amide bonds. The molecular formula is C43H42ClF2N7O3. The molecule has 10 nitrogen and oxygen atoms in total. The predicted octanol–water partition coefficient (Wildman–Crippen LogP) is 7.10. The van der Waals surface area contributed by atoms with Crippen LogP contribution in [0.2, 0.25) is 5.02 Å². The molecule has 5 aromatic rings. The number of halogens is 3. The minimum atomic E-state index is -0.874. The third-order valence-corrected chi connectivity index (χ3v) is 12.4. The van der Waals surface area contributed by atoms with Crippen molar-refractivity contribution in [2.24, 2.45) is 0 Å². The van der Waals surface area contributed by atoms with E-state index in [1.807, 2.05) is 18.3 Å². The third kappa shape index (κ3) is 6.23. The Hall–Kier alpha value is -5.20. The molecule has 13 heteroatoms. The number of nitrogens with zero attached hydrogens (tertiary/aromatic N) is 7. The number of benzene rings is 3. The van der Waals surface area contributed by atoms with Crippen LogP contribution in [-0.2, 0) is 21.5 Å². The number of carbonyl (C=O) groups is 2. The lowest BCUT2D eigenvalue weighted by atomic mass is 9.85. The number of aromatic nitrogens is 3. The summed E-state index contributed by atoms with van der Waals surface area (Å²) in [6.45, 7) is 9.93. The number of hydrogen-bond donors (Lipinski definition) is 0. The van der Waals surface area contributed by atoms with Crippen LogP contribution < -0.4 is 20.3 Å². The van der Waals surface area contributed by atoms with Gasteiger partial charge in [-0.2, -0.15) is 4.98 Å². The number of rotatable bonds is 6. The van der Waals surface area contributed by atoms with E-state index in [1.165, 1.54) is 12.1 Å². The largest absolute Gasteiger partial charge is 0.369 e. The van der Waals surface area contributed by atoms with Crippen LogP contribution in [0.25, 0.3) is 16.6 Å². The number of carbonyl (C=O) groups excluding carboxylic acids is 2. The van der Waals surface area contributed by atoms with Gasteiger partial charge in [0.25, 0.3) is 5.56 Å². The van der Waals surface area contributed by atoms with Gasteiger partial charge in [-0.15, -0.1) is 0 Å². The van der Waals surface area contributed by atoms with Crippen molar-refractivity contribution < 1.29 is 18.4 Å². The van der Waals surface area contributed by atoms with Gasteiger partial charge in [-0.05, 0) is 98.2 Å². The van der Waals surface area contributed by atoms with Crippen molar-refractivity contribution in [3.05, 3.63) is 116 Å². The van der Waals surface area contributed by atoms with Crippen molar-refractivity contribution in [1.29, 1.82) is 0 Å². The fourth-order valence-corrected chi connectivity index (χ4v) is 9.29. The average Bonchev–Trinajstić information content (AvgIpc) is 3.41. The summed E-state index contributed by atoms with van der Waals surface area (Å²) in [7, 11) is 0. The normalized spacial score (nSPS) is 18.8. The smallest absolute Gasteiger partial charge is 0.282 e. The van der Waals surface area contributed by atoms with E-state index in [1.54, 1.807) is 6.07 Å². The Morgan fingerprint density at radius 3 is 2.23 bits per heavy atom. The van der Waals surface area contributed by atoms with E-state index in [4.69, 9.17) is 16.6 Å². The molecule has 3 fully saturated rings. The maximum Gasteiger partial charge on any atom is 0.282 e. The summed E-state index contributed by atoms with van der Waals surface area (Å²) in [4.78, 5) is 54.7. The van der Waals surface area contributed by atoms with Crippen molar-refractivity contribution in [2.75, 3.05) is 54.0 Å². The molecule has 0 saturated carbocycles. The van der Waals surface area contributed by atoms with Crippen molar-refractivity contribution in [3.63, 3.8) is 0 Å². The van der Waals surface area contributed by atoms with Gasteiger partial charge in [0.05, 0.1) is 27.0 Å². The molecule has 2 aromatic heterocycles. The van der Waals surface area contributed by atoms with Gasteiger partial charge < -0.3 is 9.80 Å². The van der Waals surface area contributed by atoms with Crippen LogP contribution in [0, 0.1) is 11.6 Å². The summed E-state index contributed by atoms with van der Waals surface area (Å²) in [5.74, 6) is -1.32. The first kappa shape index (κ1) is 36.4. The molecule has 288 valence electrons. The van der Waals surface area contributed by atoms with Crippen LogP contribution in [0.1, 0.15) is 74.4 Å². The van der Waals surface area contributed by atoms with E-state index in [0.29, 0.717) is 53.2 Å². The summed E-state index contributed by atoms with van der Waals surface area (Å²) < 4.78 is 32.5. The van der Waals surface area contributed by atoms with Crippen LogP contribution in [0.3, 0.4) is 0 Å². The second kappa shape index (κ2) is 14.1. The van der Waals surface area contributed by atoms with Gasteiger partial charge in [-0.3, -0.25) is 23.9 Å². The lowest BCUT2D eigenvalue weighted by Gasteiger charge is -2.36. The Morgan fingerprint density at radius 2 is 1.55 bits per heavy atom. The highest BCUT2D eigenvalue weighted by Crippen LogP contribution is 2.44. The standard InChI is InChI=1S/C43H42ClF2N7O3/c1-43(2)30-11-10-29(23-35(30)52-34-6-3-5-31(44)39(34)41(56)48-42(43)52)50-19-17-49(18-20-50)25-26-9-12-36(47-24-26)51-15-13-27(14-16-51)28-21-32(45)40(33(46)22-28)53-37(54)7-4-8-38(53)55/h3,5-6,9-12,21-24,27H,4,7-8,13-20,25H2,1-2H3. The molecule has 0 spiro atoms. The van der Waals surface area contributed by atoms with E-state index in [2.05, 4.69) is 68.4 Å². The van der Waals surface area contributed by atoms with Crippen LogP contribution in [0.4, 0.5) is 26.0 Å². The van der Waals surface area contributed by atoms with Crippen molar-refractivity contribution in [3.8, 4) is 5.69 Å². The molecule has 4 aliphatic heterocycles. The van der Waals surface area contributed by atoms with Crippen molar-refractivity contribution in [1.82, 2.24) is 19.4 Å². The summed E-state index contributed by atoms with van der Waals surface area (Å²) in [6.07, 6.45) is 3.94. The highest BCUT2D eigenvalue weighted by Gasteiger charge is 2.39. The number of pyridine rings is 1. The Bertz CT molecular complexity index is 2420. The third-order valence-electron chi connectivity index (χ3n) is 12.1. The highest BCUT2D eigenvalue weighted by atomic mass is 35.5. The van der Waals surface area contributed by atoms with Gasteiger partial charge in [-0.1, -0.05) is 29.8 Å². The van der Waals surface area contributed by atoms with Crippen LogP contribution in [-0.4, -0.2) is 70.5 Å². The van der Waals surface area contributed by atoms with Gasteiger partial charge in [0.15, 0.2) is 11.6 Å². The van der Waals surface area contributed by atoms with Gasteiger partial charge >= 0.3 is 0 Å². The minimum Gasteiger partial charge on any atom is -0.369 e. The molecule has 3 aromatic carbocycles. The van der Waals surface area contributed by atoms with E-state index < -0.39 is 34.6 Å². The van der Waals surface area contributed by atoms with Gasteiger partial charge in [-0.25, -0.2) is 18.7 Å². The number of imide groups is 1. The molecule has 0 bridgehead atoms. The number of amides is 2. The zero-order valence-electron chi connectivity index (χ0n) is 31.4. The lowest BCUT2D eigenvalue weighted by molar-refractivity contribution is -0.129. The van der Waals surface area contributed by atoms with E-state index in [-0.39, 0.29) is 24.3 Å².